The molecule has 0 saturated carbocycles. The Labute approximate surface area is 150 Å². The van der Waals surface area contributed by atoms with Crippen molar-refractivity contribution in [3.63, 3.8) is 0 Å². The van der Waals surface area contributed by atoms with Crippen molar-refractivity contribution in [1.82, 2.24) is 10.3 Å². The number of benzene rings is 1. The predicted octanol–water partition coefficient (Wildman–Crippen LogP) is 0.573. The smallest absolute Gasteiger partial charge is 0.252 e. The maximum atomic E-state index is 11.8. The number of methoxy groups -OCH3 is 1. The van der Waals surface area contributed by atoms with Crippen LogP contribution in [0.5, 0.6) is 11.6 Å². The molecular formula is C18H22N4O4. The molecule has 2 aromatic rings. The largest absolute Gasteiger partial charge is 0.496 e. The summed E-state index contributed by atoms with van der Waals surface area (Å²) in [5.41, 5.74) is 11.6. The van der Waals surface area contributed by atoms with Gasteiger partial charge in [0, 0.05) is 17.5 Å². The van der Waals surface area contributed by atoms with E-state index in [9.17, 15) is 9.59 Å². The van der Waals surface area contributed by atoms with E-state index in [1.807, 2.05) is 6.92 Å². The van der Waals surface area contributed by atoms with Gasteiger partial charge in [-0.15, -0.1) is 0 Å². The lowest BCUT2D eigenvalue weighted by Crippen LogP contribution is -2.35. The van der Waals surface area contributed by atoms with E-state index in [1.54, 1.807) is 24.4 Å². The normalized spacial score (nSPS) is 22.3. The molecule has 3 rings (SSSR count). The van der Waals surface area contributed by atoms with Crippen LogP contribution in [-0.4, -0.2) is 42.6 Å². The van der Waals surface area contributed by atoms with Crippen molar-refractivity contribution in [1.29, 1.82) is 0 Å². The Kier molecular flexibility index (Phi) is 4.94. The van der Waals surface area contributed by atoms with Crippen LogP contribution in [-0.2, 0) is 4.79 Å². The third kappa shape index (κ3) is 3.15. The van der Waals surface area contributed by atoms with Crippen LogP contribution in [0.25, 0.3) is 10.8 Å². The Balaban J connectivity index is 1.89. The van der Waals surface area contributed by atoms with Gasteiger partial charge in [0.15, 0.2) is 0 Å². The molecule has 1 aliphatic heterocycles. The van der Waals surface area contributed by atoms with Crippen molar-refractivity contribution >= 4 is 22.6 Å². The molecule has 1 fully saturated rings. The molecule has 1 aromatic heterocycles. The second kappa shape index (κ2) is 7.17. The van der Waals surface area contributed by atoms with E-state index in [-0.39, 0.29) is 30.0 Å². The van der Waals surface area contributed by atoms with Gasteiger partial charge in [-0.05, 0) is 30.0 Å². The van der Waals surface area contributed by atoms with E-state index in [0.29, 0.717) is 17.0 Å². The van der Waals surface area contributed by atoms with Crippen LogP contribution in [0.3, 0.4) is 0 Å². The zero-order valence-electron chi connectivity index (χ0n) is 14.7. The molecule has 0 bridgehead atoms. The molecule has 0 spiro atoms. The maximum Gasteiger partial charge on any atom is 0.252 e. The van der Waals surface area contributed by atoms with E-state index in [0.717, 1.165) is 11.8 Å². The Morgan fingerprint density at radius 3 is 2.81 bits per heavy atom. The van der Waals surface area contributed by atoms with Crippen molar-refractivity contribution in [3.8, 4) is 11.6 Å². The molecule has 138 valence electrons. The highest BCUT2D eigenvalue weighted by atomic mass is 16.5. The molecule has 1 aliphatic rings. The van der Waals surface area contributed by atoms with Gasteiger partial charge in [0.05, 0.1) is 24.8 Å². The Morgan fingerprint density at radius 1 is 1.38 bits per heavy atom. The summed E-state index contributed by atoms with van der Waals surface area (Å²) in [5.74, 6) is 0.0147. The van der Waals surface area contributed by atoms with Crippen LogP contribution in [0.15, 0.2) is 24.4 Å². The summed E-state index contributed by atoms with van der Waals surface area (Å²) in [7, 11) is 1.46. The van der Waals surface area contributed by atoms with E-state index in [4.69, 9.17) is 20.9 Å². The van der Waals surface area contributed by atoms with Gasteiger partial charge in [0.25, 0.3) is 5.91 Å². The number of carbonyl (C=O) groups excluding carboxylic acids is 2. The van der Waals surface area contributed by atoms with Gasteiger partial charge in [-0.1, -0.05) is 6.92 Å². The zero-order chi connectivity index (χ0) is 18.8. The molecule has 0 aliphatic carbocycles. The fraction of sp³-hybridized carbons (Fsp3) is 0.389. The molecule has 1 saturated heterocycles. The van der Waals surface area contributed by atoms with Gasteiger partial charge in [0.2, 0.25) is 11.8 Å². The fourth-order valence-corrected chi connectivity index (χ4v) is 3.35. The van der Waals surface area contributed by atoms with Crippen LogP contribution < -0.4 is 26.3 Å². The molecule has 3 unspecified atom stereocenters. The zero-order valence-corrected chi connectivity index (χ0v) is 14.7. The SMILES string of the molecule is CCC1C(COc2nccc3cc(C(N)=O)c(OC)cc23)NC(=O)C1N. The molecular weight excluding hydrogens is 336 g/mol. The van der Waals surface area contributed by atoms with Crippen molar-refractivity contribution in [2.24, 2.45) is 17.4 Å². The lowest BCUT2D eigenvalue weighted by atomic mass is 9.94. The number of fused-ring (bicyclic) bond motifs is 1. The van der Waals surface area contributed by atoms with Crippen LogP contribution in [0, 0.1) is 5.92 Å². The number of primary amides is 1. The van der Waals surface area contributed by atoms with Gasteiger partial charge in [-0.3, -0.25) is 9.59 Å². The highest BCUT2D eigenvalue weighted by Gasteiger charge is 2.39. The Morgan fingerprint density at radius 2 is 2.15 bits per heavy atom. The predicted molar refractivity (Wildman–Crippen MR) is 96.0 cm³/mol. The molecule has 26 heavy (non-hydrogen) atoms. The highest BCUT2D eigenvalue weighted by molar-refractivity contribution is 6.01. The first kappa shape index (κ1) is 17.9. The number of hydrogen-bond acceptors (Lipinski definition) is 6. The first-order valence-corrected chi connectivity index (χ1v) is 8.41. The van der Waals surface area contributed by atoms with Crippen molar-refractivity contribution in [3.05, 3.63) is 30.0 Å². The van der Waals surface area contributed by atoms with E-state index < -0.39 is 11.9 Å². The third-order valence-corrected chi connectivity index (χ3v) is 4.79. The summed E-state index contributed by atoms with van der Waals surface area (Å²) >= 11 is 0. The summed E-state index contributed by atoms with van der Waals surface area (Å²) in [6, 6.07) is 4.39. The number of ether oxygens (including phenoxy) is 2. The summed E-state index contributed by atoms with van der Waals surface area (Å²) in [4.78, 5) is 27.6. The average Bonchev–Trinajstić information content (AvgIpc) is 2.91. The third-order valence-electron chi connectivity index (χ3n) is 4.79. The summed E-state index contributed by atoms with van der Waals surface area (Å²) in [6.07, 6.45) is 2.36. The first-order chi connectivity index (χ1) is 12.5. The second-order valence-corrected chi connectivity index (χ2v) is 6.28. The first-order valence-electron chi connectivity index (χ1n) is 8.41. The number of nitrogens with two attached hydrogens (primary N) is 2. The summed E-state index contributed by atoms with van der Waals surface area (Å²) in [5, 5.41) is 4.31. The highest BCUT2D eigenvalue weighted by Crippen LogP contribution is 2.31. The minimum absolute atomic E-state index is 0.00785. The van der Waals surface area contributed by atoms with E-state index in [1.165, 1.54) is 7.11 Å². The lowest BCUT2D eigenvalue weighted by Gasteiger charge is -2.20. The van der Waals surface area contributed by atoms with Gasteiger partial charge in [-0.2, -0.15) is 0 Å². The van der Waals surface area contributed by atoms with E-state index >= 15 is 0 Å². The quantitative estimate of drug-likeness (QED) is 0.692. The maximum absolute atomic E-state index is 11.8. The van der Waals surface area contributed by atoms with Crippen LogP contribution in [0.4, 0.5) is 0 Å². The van der Waals surface area contributed by atoms with Crippen molar-refractivity contribution in [2.75, 3.05) is 13.7 Å². The minimum Gasteiger partial charge on any atom is -0.496 e. The Hall–Kier alpha value is -2.87. The minimum atomic E-state index is -0.573. The van der Waals surface area contributed by atoms with Gasteiger partial charge < -0.3 is 26.3 Å². The van der Waals surface area contributed by atoms with Gasteiger partial charge in [0.1, 0.15) is 12.4 Å². The molecule has 3 atom stereocenters. The molecule has 2 heterocycles. The number of rotatable bonds is 6. The number of nitrogens with one attached hydrogen (secondary N) is 1. The lowest BCUT2D eigenvalue weighted by molar-refractivity contribution is -0.120. The topological polar surface area (TPSA) is 130 Å². The summed E-state index contributed by atoms with van der Waals surface area (Å²) < 4.78 is 11.1. The van der Waals surface area contributed by atoms with Crippen molar-refractivity contribution < 1.29 is 19.1 Å². The van der Waals surface area contributed by atoms with Crippen molar-refractivity contribution in [2.45, 2.75) is 25.4 Å². The molecule has 8 heteroatoms. The molecule has 1 aromatic carbocycles. The number of nitrogens with zero attached hydrogens (tertiary/aromatic N) is 1. The van der Waals surface area contributed by atoms with Crippen LogP contribution >= 0.6 is 0 Å². The molecule has 2 amide bonds. The standard InChI is InChI=1S/C18H22N4O4/c1-3-10-13(22-17(24)15(10)19)8-26-18-11-7-14(25-2)12(16(20)23)6-9(11)4-5-21-18/h4-7,10,13,15H,3,8,19H2,1-2H3,(H2,20,23)(H,22,24). The molecule has 8 nitrogen and oxygen atoms in total. The average molecular weight is 358 g/mol. The number of carbonyl (C=O) groups is 2. The Bertz CT molecular complexity index is 854. The fourth-order valence-electron chi connectivity index (χ4n) is 3.35. The van der Waals surface area contributed by atoms with Gasteiger partial charge >= 0.3 is 0 Å². The second-order valence-electron chi connectivity index (χ2n) is 6.28. The van der Waals surface area contributed by atoms with Crippen LogP contribution in [0.2, 0.25) is 0 Å². The van der Waals surface area contributed by atoms with E-state index in [2.05, 4.69) is 10.3 Å². The molecule has 0 radical (unpaired) electrons. The van der Waals surface area contributed by atoms with Gasteiger partial charge in [-0.25, -0.2) is 4.98 Å². The monoisotopic (exact) mass is 358 g/mol. The number of aromatic nitrogens is 1. The van der Waals surface area contributed by atoms with Crippen LogP contribution in [0.1, 0.15) is 23.7 Å². The number of amides is 2. The molecule has 5 N–H and O–H groups in total. The number of pyridine rings is 1. The number of hydrogen-bond donors (Lipinski definition) is 3. The summed E-state index contributed by atoms with van der Waals surface area (Å²) in [6.45, 7) is 2.24.